The Labute approximate surface area is 191 Å². The third-order valence-electron chi connectivity index (χ3n) is 4.34. The molecule has 0 unspecified atom stereocenters. The quantitative estimate of drug-likeness (QED) is 0.340. The molecule has 9 heteroatoms. The first-order valence-corrected chi connectivity index (χ1v) is 9.98. The van der Waals surface area contributed by atoms with Crippen LogP contribution < -0.4 is 30.3 Å². The van der Waals surface area contributed by atoms with E-state index >= 15 is 0 Å². The molecule has 0 saturated heterocycles. The zero-order chi connectivity index (χ0) is 23.5. The number of hydrogen-bond acceptors (Lipinski definition) is 6. The lowest BCUT2D eigenvalue weighted by atomic mass is 10.2. The van der Waals surface area contributed by atoms with Crippen LogP contribution >= 0.6 is 0 Å². The normalized spacial score (nSPS) is 10.4. The van der Waals surface area contributed by atoms with Gasteiger partial charge in [0.1, 0.15) is 5.75 Å². The molecule has 0 aliphatic heterocycles. The summed E-state index contributed by atoms with van der Waals surface area (Å²) in [6.45, 7) is -0.219. The van der Waals surface area contributed by atoms with E-state index in [0.29, 0.717) is 34.2 Å². The number of para-hydroxylation sites is 3. The molecule has 0 radical (unpaired) electrons. The highest BCUT2D eigenvalue weighted by molar-refractivity contribution is 5.93. The van der Waals surface area contributed by atoms with Crippen molar-refractivity contribution >= 4 is 29.5 Å². The average molecular weight is 448 g/mol. The first-order valence-electron chi connectivity index (χ1n) is 9.98. The zero-order valence-electron chi connectivity index (χ0n) is 18.2. The Bertz CT molecular complexity index is 1120. The fourth-order valence-corrected chi connectivity index (χ4v) is 2.81. The summed E-state index contributed by atoms with van der Waals surface area (Å²) >= 11 is 0. The molecule has 3 amide bonds. The van der Waals surface area contributed by atoms with Crippen molar-refractivity contribution in [1.29, 1.82) is 0 Å². The number of urea groups is 1. The fraction of sp³-hybridized carbons (Fsp3) is 0.125. The van der Waals surface area contributed by atoms with Crippen LogP contribution in [0.25, 0.3) is 0 Å². The molecule has 0 aromatic heterocycles. The van der Waals surface area contributed by atoms with Gasteiger partial charge in [0.15, 0.2) is 18.1 Å². The lowest BCUT2D eigenvalue weighted by Gasteiger charge is -2.12. The van der Waals surface area contributed by atoms with Crippen LogP contribution in [-0.4, -0.2) is 39.0 Å². The summed E-state index contributed by atoms with van der Waals surface area (Å²) in [6, 6.07) is 20.7. The standard InChI is InChI=1S/C24H24N4O5/c1-31-20-11-7-6-10-19(20)27-23(29)16-33-21-13-12-17(14-22(21)32-2)15-25-28-24(30)26-18-8-4-3-5-9-18/h3-15H,16H2,1-2H3,(H,27,29)(H2,26,28,30). The molecule has 3 aromatic carbocycles. The summed E-state index contributed by atoms with van der Waals surface area (Å²) in [5.74, 6) is 1.01. The highest BCUT2D eigenvalue weighted by Crippen LogP contribution is 2.28. The first-order chi connectivity index (χ1) is 16.1. The van der Waals surface area contributed by atoms with E-state index in [0.717, 1.165) is 0 Å². The van der Waals surface area contributed by atoms with Crippen molar-refractivity contribution in [2.45, 2.75) is 0 Å². The van der Waals surface area contributed by atoms with E-state index in [-0.39, 0.29) is 12.5 Å². The molecule has 0 aliphatic carbocycles. The van der Waals surface area contributed by atoms with Crippen LogP contribution in [0.3, 0.4) is 0 Å². The van der Waals surface area contributed by atoms with Crippen molar-refractivity contribution < 1.29 is 23.8 Å². The fourth-order valence-electron chi connectivity index (χ4n) is 2.81. The Balaban J connectivity index is 1.54. The maximum Gasteiger partial charge on any atom is 0.339 e. The molecule has 3 rings (SSSR count). The van der Waals surface area contributed by atoms with E-state index in [2.05, 4.69) is 21.2 Å². The topological polar surface area (TPSA) is 110 Å². The van der Waals surface area contributed by atoms with E-state index in [4.69, 9.17) is 14.2 Å². The number of hydrazone groups is 1. The SMILES string of the molecule is COc1ccccc1NC(=O)COc1ccc(C=NNC(=O)Nc2ccccc2)cc1OC. The largest absolute Gasteiger partial charge is 0.495 e. The van der Waals surface area contributed by atoms with Gasteiger partial charge in [-0.05, 0) is 48.0 Å². The van der Waals surface area contributed by atoms with E-state index in [1.54, 1.807) is 48.5 Å². The van der Waals surface area contributed by atoms with Gasteiger partial charge in [-0.2, -0.15) is 5.10 Å². The van der Waals surface area contributed by atoms with E-state index < -0.39 is 6.03 Å². The molecule has 170 valence electrons. The highest BCUT2D eigenvalue weighted by atomic mass is 16.5. The van der Waals surface area contributed by atoms with Gasteiger partial charge >= 0.3 is 6.03 Å². The zero-order valence-corrected chi connectivity index (χ0v) is 18.2. The number of benzene rings is 3. The minimum absolute atomic E-state index is 0.219. The maximum atomic E-state index is 12.3. The van der Waals surface area contributed by atoms with Crippen LogP contribution in [0, 0.1) is 0 Å². The number of carbonyl (C=O) groups is 2. The van der Waals surface area contributed by atoms with Gasteiger partial charge in [-0.15, -0.1) is 0 Å². The minimum Gasteiger partial charge on any atom is -0.495 e. The molecule has 0 fully saturated rings. The van der Waals surface area contributed by atoms with Crippen LogP contribution in [0.1, 0.15) is 5.56 Å². The second-order valence-corrected chi connectivity index (χ2v) is 6.64. The van der Waals surface area contributed by atoms with Crippen molar-refractivity contribution in [3.05, 3.63) is 78.4 Å². The second-order valence-electron chi connectivity index (χ2n) is 6.64. The molecule has 3 aromatic rings. The number of carbonyl (C=O) groups excluding carboxylic acids is 2. The van der Waals surface area contributed by atoms with Gasteiger partial charge in [-0.25, -0.2) is 10.2 Å². The van der Waals surface area contributed by atoms with Crippen molar-refractivity contribution in [3.8, 4) is 17.2 Å². The van der Waals surface area contributed by atoms with Crippen LogP contribution in [0.2, 0.25) is 0 Å². The van der Waals surface area contributed by atoms with Crippen molar-refractivity contribution in [3.63, 3.8) is 0 Å². The summed E-state index contributed by atoms with van der Waals surface area (Å²) in [5, 5.41) is 9.32. The molecule has 0 bridgehead atoms. The van der Waals surface area contributed by atoms with Gasteiger partial charge in [-0.1, -0.05) is 30.3 Å². The lowest BCUT2D eigenvalue weighted by molar-refractivity contribution is -0.118. The molecule has 0 atom stereocenters. The van der Waals surface area contributed by atoms with Gasteiger partial charge < -0.3 is 24.8 Å². The van der Waals surface area contributed by atoms with E-state index in [1.807, 2.05) is 24.3 Å². The number of methoxy groups -OCH3 is 2. The van der Waals surface area contributed by atoms with Crippen molar-refractivity contribution in [2.24, 2.45) is 5.10 Å². The van der Waals surface area contributed by atoms with E-state index in [9.17, 15) is 9.59 Å². The molecule has 0 aliphatic rings. The number of nitrogens with zero attached hydrogens (tertiary/aromatic N) is 1. The Morgan fingerprint density at radius 1 is 0.848 bits per heavy atom. The average Bonchev–Trinajstić information content (AvgIpc) is 2.84. The predicted molar refractivity (Wildman–Crippen MR) is 126 cm³/mol. The number of rotatable bonds is 9. The first kappa shape index (κ1) is 23.1. The Hall–Kier alpha value is -4.53. The second kappa shape index (κ2) is 11.8. The molecule has 0 saturated carbocycles. The Morgan fingerprint density at radius 3 is 2.33 bits per heavy atom. The number of ether oxygens (including phenoxy) is 3. The van der Waals surface area contributed by atoms with Crippen molar-refractivity contribution in [2.75, 3.05) is 31.5 Å². The molecule has 3 N–H and O–H groups in total. The van der Waals surface area contributed by atoms with Gasteiger partial charge in [-0.3, -0.25) is 4.79 Å². The summed E-state index contributed by atoms with van der Waals surface area (Å²) in [7, 11) is 3.02. The van der Waals surface area contributed by atoms with Crippen LogP contribution in [-0.2, 0) is 4.79 Å². The van der Waals surface area contributed by atoms with Crippen LogP contribution in [0.4, 0.5) is 16.2 Å². The monoisotopic (exact) mass is 448 g/mol. The summed E-state index contributed by atoms with van der Waals surface area (Å²) in [4.78, 5) is 24.1. The lowest BCUT2D eigenvalue weighted by Crippen LogP contribution is -2.24. The molecule has 33 heavy (non-hydrogen) atoms. The highest BCUT2D eigenvalue weighted by Gasteiger charge is 2.10. The smallest absolute Gasteiger partial charge is 0.339 e. The number of hydrogen-bond donors (Lipinski definition) is 3. The van der Waals surface area contributed by atoms with Gasteiger partial charge in [0.25, 0.3) is 5.91 Å². The third kappa shape index (κ3) is 7.00. The number of amides is 3. The summed E-state index contributed by atoms with van der Waals surface area (Å²) in [6.07, 6.45) is 1.46. The summed E-state index contributed by atoms with van der Waals surface area (Å²) in [5.41, 5.74) is 4.26. The third-order valence-corrected chi connectivity index (χ3v) is 4.34. The Kier molecular flexibility index (Phi) is 8.24. The maximum absolute atomic E-state index is 12.3. The number of anilines is 2. The molecular formula is C24H24N4O5. The van der Waals surface area contributed by atoms with Gasteiger partial charge in [0.05, 0.1) is 26.1 Å². The van der Waals surface area contributed by atoms with Crippen LogP contribution in [0.5, 0.6) is 17.2 Å². The molecule has 0 heterocycles. The van der Waals surface area contributed by atoms with Gasteiger partial charge in [0, 0.05) is 5.69 Å². The summed E-state index contributed by atoms with van der Waals surface area (Å²) < 4.78 is 16.2. The predicted octanol–water partition coefficient (Wildman–Crippen LogP) is 3.88. The molecule has 9 nitrogen and oxygen atoms in total. The molecular weight excluding hydrogens is 424 g/mol. The molecule has 0 spiro atoms. The van der Waals surface area contributed by atoms with Crippen LogP contribution in [0.15, 0.2) is 77.9 Å². The number of nitrogens with one attached hydrogen (secondary N) is 3. The van der Waals surface area contributed by atoms with E-state index in [1.165, 1.54) is 20.4 Å². The Morgan fingerprint density at radius 2 is 1.58 bits per heavy atom. The minimum atomic E-state index is -0.467. The van der Waals surface area contributed by atoms with Gasteiger partial charge in [0.2, 0.25) is 0 Å². The van der Waals surface area contributed by atoms with Crippen molar-refractivity contribution in [1.82, 2.24) is 5.43 Å².